The standard InChI is InChI=1S/C17H25N3.H2O/c1-2-3-11-19-17(15-18)9-12-20(13-10-17)14-16-7-5-4-6-8-16;/h4-8,19H,2-3,9-14H2,1H3;1H2. The first kappa shape index (κ1) is 17.6. The maximum atomic E-state index is 9.49. The van der Waals surface area contributed by atoms with Gasteiger partial charge in [-0.2, -0.15) is 5.26 Å². The van der Waals surface area contributed by atoms with Crippen LogP contribution in [-0.4, -0.2) is 35.5 Å². The predicted molar refractivity (Wildman–Crippen MR) is 85.8 cm³/mol. The van der Waals surface area contributed by atoms with Gasteiger partial charge in [-0.25, -0.2) is 0 Å². The van der Waals surface area contributed by atoms with Gasteiger partial charge in [0.25, 0.3) is 0 Å². The first-order valence-electron chi connectivity index (χ1n) is 7.70. The summed E-state index contributed by atoms with van der Waals surface area (Å²) in [4.78, 5) is 2.45. The van der Waals surface area contributed by atoms with Gasteiger partial charge in [-0.05, 0) is 31.4 Å². The highest BCUT2D eigenvalue weighted by atomic mass is 16.0. The third-order valence-electron chi connectivity index (χ3n) is 4.17. The molecule has 1 aromatic carbocycles. The van der Waals surface area contributed by atoms with Crippen molar-refractivity contribution >= 4 is 0 Å². The minimum atomic E-state index is -0.289. The van der Waals surface area contributed by atoms with Crippen molar-refractivity contribution in [3.05, 3.63) is 35.9 Å². The summed E-state index contributed by atoms with van der Waals surface area (Å²) in [5, 5.41) is 13.0. The monoisotopic (exact) mass is 289 g/mol. The minimum Gasteiger partial charge on any atom is -0.412 e. The molecule has 1 aromatic rings. The fourth-order valence-corrected chi connectivity index (χ4v) is 2.77. The highest BCUT2D eigenvalue weighted by molar-refractivity contribution is 5.15. The fourth-order valence-electron chi connectivity index (χ4n) is 2.77. The second-order valence-corrected chi connectivity index (χ2v) is 5.74. The summed E-state index contributed by atoms with van der Waals surface area (Å²) in [6.07, 6.45) is 4.19. The van der Waals surface area contributed by atoms with Crippen LogP contribution >= 0.6 is 0 Å². The van der Waals surface area contributed by atoms with Crippen molar-refractivity contribution in [3.8, 4) is 6.07 Å². The molecule has 4 heteroatoms. The third-order valence-corrected chi connectivity index (χ3v) is 4.17. The molecule has 21 heavy (non-hydrogen) atoms. The average Bonchev–Trinajstić information content (AvgIpc) is 2.51. The zero-order valence-corrected chi connectivity index (χ0v) is 12.9. The topological polar surface area (TPSA) is 70.6 Å². The lowest BCUT2D eigenvalue weighted by molar-refractivity contribution is 0.160. The minimum absolute atomic E-state index is 0. The molecule has 0 bridgehead atoms. The number of nitrogens with one attached hydrogen (secondary N) is 1. The maximum absolute atomic E-state index is 9.49. The van der Waals surface area contributed by atoms with Gasteiger partial charge in [0, 0.05) is 19.6 Å². The highest BCUT2D eigenvalue weighted by Crippen LogP contribution is 2.23. The molecule has 1 aliphatic rings. The van der Waals surface area contributed by atoms with Crippen molar-refractivity contribution in [2.75, 3.05) is 19.6 Å². The van der Waals surface area contributed by atoms with E-state index in [2.05, 4.69) is 53.5 Å². The zero-order chi connectivity index (χ0) is 14.3. The van der Waals surface area contributed by atoms with Crippen LogP contribution in [0.5, 0.6) is 0 Å². The van der Waals surface area contributed by atoms with E-state index in [1.807, 2.05) is 0 Å². The molecule has 116 valence electrons. The van der Waals surface area contributed by atoms with Crippen LogP contribution in [0.25, 0.3) is 0 Å². The van der Waals surface area contributed by atoms with E-state index >= 15 is 0 Å². The molecule has 2 rings (SSSR count). The van der Waals surface area contributed by atoms with Crippen LogP contribution in [0.3, 0.4) is 0 Å². The Morgan fingerprint density at radius 3 is 2.48 bits per heavy atom. The molecule has 0 saturated carbocycles. The third kappa shape index (κ3) is 5.13. The number of benzene rings is 1. The Labute approximate surface area is 128 Å². The van der Waals surface area contributed by atoms with Gasteiger partial charge in [-0.3, -0.25) is 10.2 Å². The van der Waals surface area contributed by atoms with E-state index in [9.17, 15) is 5.26 Å². The van der Waals surface area contributed by atoms with E-state index in [4.69, 9.17) is 0 Å². The van der Waals surface area contributed by atoms with E-state index in [-0.39, 0.29) is 11.0 Å². The van der Waals surface area contributed by atoms with Gasteiger partial charge >= 0.3 is 0 Å². The molecule has 0 aliphatic carbocycles. The summed E-state index contributed by atoms with van der Waals surface area (Å²) >= 11 is 0. The molecule has 0 atom stereocenters. The molecule has 0 radical (unpaired) electrons. The van der Waals surface area contributed by atoms with Crippen molar-refractivity contribution in [2.24, 2.45) is 0 Å². The van der Waals surface area contributed by atoms with Crippen LogP contribution in [0.4, 0.5) is 0 Å². The van der Waals surface area contributed by atoms with Crippen LogP contribution in [0, 0.1) is 11.3 Å². The number of rotatable bonds is 6. The van der Waals surface area contributed by atoms with E-state index in [0.29, 0.717) is 0 Å². The molecular formula is C17H27N3O. The molecule has 1 saturated heterocycles. The highest BCUT2D eigenvalue weighted by Gasteiger charge is 2.33. The van der Waals surface area contributed by atoms with Crippen LogP contribution < -0.4 is 5.32 Å². The molecule has 3 N–H and O–H groups in total. The summed E-state index contributed by atoms with van der Waals surface area (Å²) in [7, 11) is 0. The second-order valence-electron chi connectivity index (χ2n) is 5.74. The van der Waals surface area contributed by atoms with Gasteiger partial charge < -0.3 is 5.48 Å². The molecule has 0 aromatic heterocycles. The van der Waals surface area contributed by atoms with Crippen LogP contribution in [0.15, 0.2) is 30.3 Å². The van der Waals surface area contributed by atoms with Crippen molar-refractivity contribution in [1.29, 1.82) is 5.26 Å². The number of likely N-dealkylation sites (tertiary alicyclic amines) is 1. The SMILES string of the molecule is CCCCNC1(C#N)CCN(Cc2ccccc2)CC1.O. The summed E-state index contributed by atoms with van der Waals surface area (Å²) in [5.74, 6) is 0. The molecular weight excluding hydrogens is 262 g/mol. The Morgan fingerprint density at radius 2 is 1.90 bits per heavy atom. The van der Waals surface area contributed by atoms with Gasteiger partial charge in [0.15, 0.2) is 0 Å². The fraction of sp³-hybridized carbons (Fsp3) is 0.588. The van der Waals surface area contributed by atoms with Crippen molar-refractivity contribution in [1.82, 2.24) is 10.2 Å². The summed E-state index contributed by atoms with van der Waals surface area (Å²) in [5.41, 5.74) is 1.07. The van der Waals surface area contributed by atoms with E-state index < -0.39 is 0 Å². The Balaban J connectivity index is 0.00000220. The normalized spacial score (nSPS) is 17.7. The number of piperidine rings is 1. The van der Waals surface area contributed by atoms with Crippen LogP contribution in [0.2, 0.25) is 0 Å². The van der Waals surface area contributed by atoms with Gasteiger partial charge in [-0.15, -0.1) is 0 Å². The largest absolute Gasteiger partial charge is 0.412 e. The smallest absolute Gasteiger partial charge is 0.109 e. The molecule has 0 amide bonds. The van der Waals surface area contributed by atoms with Gasteiger partial charge in [0.2, 0.25) is 0 Å². The van der Waals surface area contributed by atoms with E-state index in [1.54, 1.807) is 0 Å². The Morgan fingerprint density at radius 1 is 1.24 bits per heavy atom. The van der Waals surface area contributed by atoms with Crippen molar-refractivity contribution < 1.29 is 5.48 Å². The number of hydrogen-bond acceptors (Lipinski definition) is 3. The Bertz CT molecular complexity index is 433. The predicted octanol–water partition coefficient (Wildman–Crippen LogP) is 2.11. The Kier molecular flexibility index (Phi) is 7.38. The number of nitrogens with zero attached hydrogens (tertiary/aromatic N) is 2. The maximum Gasteiger partial charge on any atom is 0.109 e. The van der Waals surface area contributed by atoms with Gasteiger partial charge in [-0.1, -0.05) is 43.7 Å². The second kappa shape index (κ2) is 8.78. The number of unbranched alkanes of at least 4 members (excludes halogenated alkanes) is 1. The Hall–Kier alpha value is -1.41. The molecule has 1 heterocycles. The van der Waals surface area contributed by atoms with Crippen molar-refractivity contribution in [2.45, 2.75) is 44.7 Å². The average molecular weight is 289 g/mol. The molecule has 1 aliphatic heterocycles. The van der Waals surface area contributed by atoms with Gasteiger partial charge in [0.05, 0.1) is 6.07 Å². The van der Waals surface area contributed by atoms with Gasteiger partial charge in [0.1, 0.15) is 5.54 Å². The molecule has 0 spiro atoms. The number of hydrogen-bond donors (Lipinski definition) is 1. The molecule has 1 fully saturated rings. The number of nitriles is 1. The van der Waals surface area contributed by atoms with Crippen LogP contribution in [-0.2, 0) is 6.54 Å². The quantitative estimate of drug-likeness (QED) is 0.815. The van der Waals surface area contributed by atoms with E-state index in [1.165, 1.54) is 12.0 Å². The first-order chi connectivity index (χ1) is 9.78. The zero-order valence-electron chi connectivity index (χ0n) is 12.9. The summed E-state index contributed by atoms with van der Waals surface area (Å²) in [6.45, 7) is 6.15. The summed E-state index contributed by atoms with van der Waals surface area (Å²) in [6, 6.07) is 13.1. The molecule has 4 nitrogen and oxygen atoms in total. The lowest BCUT2D eigenvalue weighted by Gasteiger charge is -2.38. The lowest BCUT2D eigenvalue weighted by Crippen LogP contribution is -2.52. The van der Waals surface area contributed by atoms with E-state index in [0.717, 1.165) is 45.4 Å². The first-order valence-corrected chi connectivity index (χ1v) is 7.70. The molecule has 0 unspecified atom stereocenters. The summed E-state index contributed by atoms with van der Waals surface area (Å²) < 4.78 is 0. The van der Waals surface area contributed by atoms with Crippen LogP contribution in [0.1, 0.15) is 38.2 Å². The van der Waals surface area contributed by atoms with Crippen molar-refractivity contribution in [3.63, 3.8) is 0 Å². The lowest BCUT2D eigenvalue weighted by atomic mass is 9.88.